The molecule has 0 aliphatic carbocycles. The van der Waals surface area contributed by atoms with E-state index in [2.05, 4.69) is 15.3 Å². The monoisotopic (exact) mass is 239 g/mol. The standard InChI is InChI=1S/C10H10ClN3S/c11-10-8(2-1-3-14-10)4-12-5-9-6-13-7-15-9/h1-3,6-7,12H,4-5H2. The number of aromatic nitrogens is 2. The molecule has 0 aromatic carbocycles. The van der Waals surface area contributed by atoms with Crippen LogP contribution in [-0.2, 0) is 13.1 Å². The minimum Gasteiger partial charge on any atom is -0.308 e. The molecule has 0 bridgehead atoms. The summed E-state index contributed by atoms with van der Waals surface area (Å²) in [7, 11) is 0. The fraction of sp³-hybridized carbons (Fsp3) is 0.200. The molecular formula is C10H10ClN3S. The number of rotatable bonds is 4. The van der Waals surface area contributed by atoms with Crippen molar-refractivity contribution in [2.24, 2.45) is 0 Å². The van der Waals surface area contributed by atoms with Crippen LogP contribution in [0.2, 0.25) is 5.15 Å². The smallest absolute Gasteiger partial charge is 0.133 e. The Kier molecular flexibility index (Phi) is 3.66. The molecule has 5 heteroatoms. The summed E-state index contributed by atoms with van der Waals surface area (Å²) in [6, 6.07) is 3.85. The number of nitrogens with one attached hydrogen (secondary N) is 1. The second-order valence-corrected chi connectivity index (χ2v) is 4.35. The summed E-state index contributed by atoms with van der Waals surface area (Å²) < 4.78 is 0. The summed E-state index contributed by atoms with van der Waals surface area (Å²) in [5.41, 5.74) is 2.84. The summed E-state index contributed by atoms with van der Waals surface area (Å²) in [4.78, 5) is 9.23. The van der Waals surface area contributed by atoms with Gasteiger partial charge in [0.05, 0.1) is 5.51 Å². The summed E-state index contributed by atoms with van der Waals surface area (Å²) in [6.45, 7) is 1.54. The maximum absolute atomic E-state index is 5.92. The highest BCUT2D eigenvalue weighted by molar-refractivity contribution is 7.09. The van der Waals surface area contributed by atoms with Gasteiger partial charge in [0.2, 0.25) is 0 Å². The third-order valence-corrected chi connectivity index (χ3v) is 3.05. The summed E-state index contributed by atoms with van der Waals surface area (Å²) in [5, 5.41) is 3.86. The van der Waals surface area contributed by atoms with E-state index in [1.807, 2.05) is 23.8 Å². The Balaban J connectivity index is 1.86. The van der Waals surface area contributed by atoms with Crippen molar-refractivity contribution in [1.82, 2.24) is 15.3 Å². The van der Waals surface area contributed by atoms with Gasteiger partial charge >= 0.3 is 0 Å². The van der Waals surface area contributed by atoms with Gasteiger partial charge in [-0.3, -0.25) is 4.98 Å². The Hall–Kier alpha value is -0.970. The van der Waals surface area contributed by atoms with Gasteiger partial charge in [-0.15, -0.1) is 11.3 Å². The summed E-state index contributed by atoms with van der Waals surface area (Å²) in [6.07, 6.45) is 3.55. The Morgan fingerprint density at radius 3 is 3.07 bits per heavy atom. The van der Waals surface area contributed by atoms with Gasteiger partial charge in [0.15, 0.2) is 0 Å². The molecule has 0 fully saturated rings. The van der Waals surface area contributed by atoms with E-state index in [9.17, 15) is 0 Å². The molecule has 0 radical (unpaired) electrons. The van der Waals surface area contributed by atoms with Crippen LogP contribution < -0.4 is 5.32 Å². The maximum Gasteiger partial charge on any atom is 0.133 e. The third kappa shape index (κ3) is 2.99. The maximum atomic E-state index is 5.92. The highest BCUT2D eigenvalue weighted by Crippen LogP contribution is 2.11. The molecule has 0 aliphatic rings. The van der Waals surface area contributed by atoms with Crippen molar-refractivity contribution in [3.63, 3.8) is 0 Å². The molecule has 2 aromatic rings. The van der Waals surface area contributed by atoms with Crippen LogP contribution in [0.15, 0.2) is 30.0 Å². The van der Waals surface area contributed by atoms with E-state index in [0.717, 1.165) is 18.7 Å². The molecule has 2 aromatic heterocycles. The van der Waals surface area contributed by atoms with Crippen molar-refractivity contribution in [1.29, 1.82) is 0 Å². The van der Waals surface area contributed by atoms with Gasteiger partial charge in [0.25, 0.3) is 0 Å². The zero-order valence-electron chi connectivity index (χ0n) is 7.98. The predicted molar refractivity (Wildman–Crippen MR) is 61.9 cm³/mol. The van der Waals surface area contributed by atoms with Gasteiger partial charge in [-0.1, -0.05) is 17.7 Å². The van der Waals surface area contributed by atoms with Gasteiger partial charge in [0, 0.05) is 35.9 Å². The number of halogens is 1. The van der Waals surface area contributed by atoms with Crippen molar-refractivity contribution in [3.8, 4) is 0 Å². The lowest BCUT2D eigenvalue weighted by atomic mass is 10.3. The molecule has 0 aliphatic heterocycles. The first-order chi connectivity index (χ1) is 7.36. The molecule has 78 valence electrons. The molecule has 1 N–H and O–H groups in total. The van der Waals surface area contributed by atoms with Crippen LogP contribution in [0.5, 0.6) is 0 Å². The first-order valence-electron chi connectivity index (χ1n) is 4.54. The molecule has 15 heavy (non-hydrogen) atoms. The van der Waals surface area contributed by atoms with Crippen molar-refractivity contribution >= 4 is 22.9 Å². The molecule has 0 saturated carbocycles. The third-order valence-electron chi connectivity index (χ3n) is 1.93. The van der Waals surface area contributed by atoms with Crippen LogP contribution >= 0.6 is 22.9 Å². The minimum atomic E-state index is 0.564. The number of pyridine rings is 1. The highest BCUT2D eigenvalue weighted by atomic mass is 35.5. The van der Waals surface area contributed by atoms with Crippen molar-refractivity contribution in [3.05, 3.63) is 45.6 Å². The lowest BCUT2D eigenvalue weighted by molar-refractivity contribution is 0.698. The van der Waals surface area contributed by atoms with Gasteiger partial charge in [0.1, 0.15) is 5.15 Å². The van der Waals surface area contributed by atoms with Crippen LogP contribution in [0.25, 0.3) is 0 Å². The quantitative estimate of drug-likeness (QED) is 0.833. The molecule has 0 unspecified atom stereocenters. The van der Waals surface area contributed by atoms with Crippen molar-refractivity contribution in [2.75, 3.05) is 0 Å². The summed E-state index contributed by atoms with van der Waals surface area (Å²) in [5.74, 6) is 0. The van der Waals surface area contributed by atoms with Crippen LogP contribution in [0.3, 0.4) is 0 Å². The Bertz CT molecular complexity index is 416. The van der Waals surface area contributed by atoms with E-state index in [4.69, 9.17) is 11.6 Å². The topological polar surface area (TPSA) is 37.8 Å². The Morgan fingerprint density at radius 2 is 2.33 bits per heavy atom. The van der Waals surface area contributed by atoms with E-state index >= 15 is 0 Å². The molecular weight excluding hydrogens is 230 g/mol. The van der Waals surface area contributed by atoms with Crippen LogP contribution in [0.4, 0.5) is 0 Å². The lowest BCUT2D eigenvalue weighted by Crippen LogP contribution is -2.12. The molecule has 0 spiro atoms. The van der Waals surface area contributed by atoms with Gasteiger partial charge in [-0.25, -0.2) is 4.98 Å². The van der Waals surface area contributed by atoms with E-state index in [-0.39, 0.29) is 0 Å². The average molecular weight is 240 g/mol. The molecule has 0 saturated heterocycles. The van der Waals surface area contributed by atoms with E-state index < -0.39 is 0 Å². The zero-order chi connectivity index (χ0) is 10.5. The fourth-order valence-electron chi connectivity index (χ4n) is 1.20. The Morgan fingerprint density at radius 1 is 1.40 bits per heavy atom. The molecule has 2 heterocycles. The SMILES string of the molecule is Clc1ncccc1CNCc1cncs1. The highest BCUT2D eigenvalue weighted by Gasteiger charge is 1.99. The number of hydrogen-bond acceptors (Lipinski definition) is 4. The van der Waals surface area contributed by atoms with Gasteiger partial charge < -0.3 is 5.32 Å². The van der Waals surface area contributed by atoms with Gasteiger partial charge in [-0.2, -0.15) is 0 Å². The Labute approximate surface area is 97.2 Å². The average Bonchev–Trinajstić information content (AvgIpc) is 2.74. The number of hydrogen-bond donors (Lipinski definition) is 1. The zero-order valence-corrected chi connectivity index (χ0v) is 9.55. The first kappa shape index (κ1) is 10.5. The molecule has 3 nitrogen and oxygen atoms in total. The second kappa shape index (κ2) is 5.21. The van der Waals surface area contributed by atoms with Crippen molar-refractivity contribution < 1.29 is 0 Å². The van der Waals surface area contributed by atoms with Crippen LogP contribution in [-0.4, -0.2) is 9.97 Å². The van der Waals surface area contributed by atoms with Gasteiger partial charge in [-0.05, 0) is 6.07 Å². The molecule has 0 amide bonds. The van der Waals surface area contributed by atoms with E-state index in [1.54, 1.807) is 17.5 Å². The van der Waals surface area contributed by atoms with Crippen LogP contribution in [0, 0.1) is 0 Å². The second-order valence-electron chi connectivity index (χ2n) is 3.02. The number of thiazole rings is 1. The summed E-state index contributed by atoms with van der Waals surface area (Å²) >= 11 is 7.56. The normalized spacial score (nSPS) is 10.5. The van der Waals surface area contributed by atoms with E-state index in [0.29, 0.717) is 5.15 Å². The van der Waals surface area contributed by atoms with Crippen molar-refractivity contribution in [2.45, 2.75) is 13.1 Å². The number of nitrogens with zero attached hydrogens (tertiary/aromatic N) is 2. The van der Waals surface area contributed by atoms with Crippen LogP contribution in [0.1, 0.15) is 10.4 Å². The molecule has 2 rings (SSSR count). The predicted octanol–water partition coefficient (Wildman–Crippen LogP) is 2.48. The minimum absolute atomic E-state index is 0.564. The lowest BCUT2D eigenvalue weighted by Gasteiger charge is -2.03. The largest absolute Gasteiger partial charge is 0.308 e. The molecule has 0 atom stereocenters. The fourth-order valence-corrected chi connectivity index (χ4v) is 1.95. The van der Waals surface area contributed by atoms with E-state index in [1.165, 1.54) is 4.88 Å². The first-order valence-corrected chi connectivity index (χ1v) is 5.79.